The van der Waals surface area contributed by atoms with Crippen molar-refractivity contribution in [3.05, 3.63) is 53.6 Å². The van der Waals surface area contributed by atoms with Gasteiger partial charge >= 0.3 is 0 Å². The highest BCUT2D eigenvalue weighted by Crippen LogP contribution is 2.54. The molecule has 1 fully saturated rings. The molecule has 0 aromatic heterocycles. The van der Waals surface area contributed by atoms with Crippen molar-refractivity contribution < 1.29 is 17.5 Å². The molecule has 0 unspecified atom stereocenters. The molecule has 5 nitrogen and oxygen atoms in total. The summed E-state index contributed by atoms with van der Waals surface area (Å²) in [4.78, 5) is 1.90. The average Bonchev–Trinajstić information content (AvgIpc) is 3.09. The number of nitrogens with zero attached hydrogens (tertiary/aromatic N) is 2. The van der Waals surface area contributed by atoms with Crippen LogP contribution in [-0.4, -0.2) is 39.6 Å². The highest BCUT2D eigenvalue weighted by atomic mass is 32.2. The molecule has 0 N–H and O–H groups in total. The van der Waals surface area contributed by atoms with E-state index in [9.17, 15) is 8.42 Å². The van der Waals surface area contributed by atoms with Gasteiger partial charge in [-0.05, 0) is 37.3 Å². The summed E-state index contributed by atoms with van der Waals surface area (Å²) in [5.74, 6) is 0.565. The van der Waals surface area contributed by atoms with Crippen LogP contribution >= 0.6 is 0 Å². The van der Waals surface area contributed by atoms with Crippen LogP contribution in [0.3, 0.4) is 0 Å². The first-order valence-corrected chi connectivity index (χ1v) is 9.92. The van der Waals surface area contributed by atoms with Gasteiger partial charge in [0.15, 0.2) is 5.67 Å². The summed E-state index contributed by atoms with van der Waals surface area (Å²) in [6.45, 7) is 2.03. The summed E-state index contributed by atoms with van der Waals surface area (Å²) in [5.41, 5.74) is 0.409. The van der Waals surface area contributed by atoms with E-state index in [0.29, 0.717) is 17.0 Å². The number of hydrogen-bond acceptors (Lipinski definition) is 4. The summed E-state index contributed by atoms with van der Waals surface area (Å²) in [6, 6.07) is 11.9. The van der Waals surface area contributed by atoms with Crippen LogP contribution in [-0.2, 0) is 15.7 Å². The van der Waals surface area contributed by atoms with Gasteiger partial charge in [0.05, 0.1) is 12.0 Å². The van der Waals surface area contributed by atoms with Gasteiger partial charge in [0.2, 0.25) is 10.0 Å². The van der Waals surface area contributed by atoms with Crippen LogP contribution in [0, 0.1) is 6.92 Å². The van der Waals surface area contributed by atoms with Crippen LogP contribution in [0.5, 0.6) is 5.75 Å². The van der Waals surface area contributed by atoms with Crippen molar-refractivity contribution in [1.29, 1.82) is 0 Å². The fourth-order valence-electron chi connectivity index (χ4n) is 4.04. The molecule has 0 aliphatic carbocycles. The standard InChI is InChI=1S/C19H21FN2O3S/c1-13-4-7-15(8-5-13)26(23,24)22-11-10-19(20)16-12-14(25-3)6-9-17(16)21(2)18(19)22/h4-9,12,18H,10-11H2,1-3H3/t18-,19+/m0/s1. The van der Waals surface area contributed by atoms with E-state index in [2.05, 4.69) is 0 Å². The molecule has 0 bridgehead atoms. The van der Waals surface area contributed by atoms with Crippen molar-refractivity contribution in [2.24, 2.45) is 0 Å². The lowest BCUT2D eigenvalue weighted by Crippen LogP contribution is -2.49. The Morgan fingerprint density at radius 3 is 2.54 bits per heavy atom. The van der Waals surface area contributed by atoms with Gasteiger partial charge in [-0.2, -0.15) is 4.31 Å². The normalized spacial score (nSPS) is 25.2. The third-order valence-corrected chi connectivity index (χ3v) is 7.27. The Balaban J connectivity index is 1.78. The van der Waals surface area contributed by atoms with Gasteiger partial charge in [-0.25, -0.2) is 12.8 Å². The molecule has 26 heavy (non-hydrogen) atoms. The fraction of sp³-hybridized carbons (Fsp3) is 0.368. The number of fused-ring (bicyclic) bond motifs is 3. The third-order valence-electron chi connectivity index (χ3n) is 5.40. The maximum Gasteiger partial charge on any atom is 0.244 e. The minimum atomic E-state index is -3.79. The Morgan fingerprint density at radius 1 is 1.19 bits per heavy atom. The Labute approximate surface area is 153 Å². The van der Waals surface area contributed by atoms with Crippen LogP contribution in [0.1, 0.15) is 17.5 Å². The maximum absolute atomic E-state index is 16.0. The van der Waals surface area contributed by atoms with Crippen LogP contribution in [0.15, 0.2) is 47.4 Å². The van der Waals surface area contributed by atoms with Crippen LogP contribution in [0.2, 0.25) is 0 Å². The Bertz CT molecular complexity index is 961. The van der Waals surface area contributed by atoms with E-state index < -0.39 is 21.9 Å². The van der Waals surface area contributed by atoms with Crippen molar-refractivity contribution >= 4 is 15.7 Å². The van der Waals surface area contributed by atoms with E-state index in [0.717, 1.165) is 5.56 Å². The molecule has 7 heteroatoms. The van der Waals surface area contributed by atoms with E-state index >= 15 is 4.39 Å². The van der Waals surface area contributed by atoms with Crippen molar-refractivity contribution in [2.75, 3.05) is 25.6 Å². The number of rotatable bonds is 3. The van der Waals surface area contributed by atoms with E-state index in [1.165, 1.54) is 11.4 Å². The lowest BCUT2D eigenvalue weighted by Gasteiger charge is -2.31. The lowest BCUT2D eigenvalue weighted by atomic mass is 9.95. The predicted octanol–water partition coefficient (Wildman–Crippen LogP) is 3.04. The number of ether oxygens (including phenoxy) is 1. The van der Waals surface area contributed by atoms with Gasteiger partial charge in [-0.15, -0.1) is 0 Å². The molecule has 2 aromatic rings. The monoisotopic (exact) mass is 376 g/mol. The topological polar surface area (TPSA) is 49.9 Å². The van der Waals surface area contributed by atoms with Gasteiger partial charge in [-0.1, -0.05) is 17.7 Å². The summed E-state index contributed by atoms with van der Waals surface area (Å²) in [7, 11) is -0.524. The van der Waals surface area contributed by atoms with Gasteiger partial charge in [-0.3, -0.25) is 0 Å². The number of sulfonamides is 1. The molecule has 2 aliphatic heterocycles. The zero-order valence-corrected chi connectivity index (χ0v) is 15.8. The first-order valence-electron chi connectivity index (χ1n) is 8.48. The molecule has 0 radical (unpaired) electrons. The molecule has 2 aromatic carbocycles. The van der Waals surface area contributed by atoms with Gasteiger partial charge in [0.1, 0.15) is 11.9 Å². The van der Waals surface area contributed by atoms with Crippen LogP contribution < -0.4 is 9.64 Å². The second-order valence-corrected chi connectivity index (χ2v) is 8.80. The van der Waals surface area contributed by atoms with E-state index in [1.807, 2.05) is 6.92 Å². The molecule has 0 spiro atoms. The molecule has 2 atom stereocenters. The number of likely N-dealkylation sites (N-methyl/N-ethyl adjacent to an activating group) is 1. The zero-order valence-electron chi connectivity index (χ0n) is 14.9. The lowest BCUT2D eigenvalue weighted by molar-refractivity contribution is 0.138. The number of aryl methyl sites for hydroxylation is 1. The SMILES string of the molecule is COc1ccc2c(c1)[C@]1(F)CCN(S(=O)(=O)c3ccc(C)cc3)[C@@H]1N2C. The predicted molar refractivity (Wildman–Crippen MR) is 97.7 cm³/mol. The second kappa shape index (κ2) is 5.69. The molecule has 1 saturated heterocycles. The Kier molecular flexibility index (Phi) is 3.79. The molecule has 0 amide bonds. The molecule has 138 valence electrons. The summed E-state index contributed by atoms with van der Waals surface area (Å²) in [5, 5.41) is 0. The second-order valence-electron chi connectivity index (χ2n) is 6.91. The zero-order chi connectivity index (χ0) is 18.7. The quantitative estimate of drug-likeness (QED) is 0.826. The molecular formula is C19H21FN2O3S. The summed E-state index contributed by atoms with van der Waals surface area (Å²) >= 11 is 0. The summed E-state index contributed by atoms with van der Waals surface area (Å²) < 4.78 is 48.8. The highest BCUT2D eigenvalue weighted by Gasteiger charge is 2.60. The Morgan fingerprint density at radius 2 is 1.88 bits per heavy atom. The fourth-order valence-corrected chi connectivity index (χ4v) is 5.69. The smallest absolute Gasteiger partial charge is 0.244 e. The number of halogens is 1. The Hall–Kier alpha value is -2.12. The van der Waals surface area contributed by atoms with E-state index in [1.54, 1.807) is 54.4 Å². The van der Waals surface area contributed by atoms with Crippen molar-refractivity contribution in [1.82, 2.24) is 4.31 Å². The maximum atomic E-state index is 16.0. The average molecular weight is 376 g/mol. The minimum Gasteiger partial charge on any atom is -0.497 e. The number of anilines is 1. The van der Waals surface area contributed by atoms with Gasteiger partial charge in [0, 0.05) is 31.3 Å². The third kappa shape index (κ3) is 2.27. The first kappa shape index (κ1) is 17.3. The number of hydrogen-bond donors (Lipinski definition) is 0. The van der Waals surface area contributed by atoms with Crippen LogP contribution in [0.4, 0.5) is 10.1 Å². The van der Waals surface area contributed by atoms with Crippen molar-refractivity contribution in [3.63, 3.8) is 0 Å². The minimum absolute atomic E-state index is 0.118. The molecule has 2 heterocycles. The highest BCUT2D eigenvalue weighted by molar-refractivity contribution is 7.89. The molecular weight excluding hydrogens is 355 g/mol. The van der Waals surface area contributed by atoms with Gasteiger partial charge < -0.3 is 9.64 Å². The first-order chi connectivity index (χ1) is 12.3. The van der Waals surface area contributed by atoms with Gasteiger partial charge in [0.25, 0.3) is 0 Å². The molecule has 4 rings (SSSR count). The van der Waals surface area contributed by atoms with E-state index in [-0.39, 0.29) is 17.9 Å². The number of benzene rings is 2. The number of alkyl halides is 1. The van der Waals surface area contributed by atoms with Crippen LogP contribution in [0.25, 0.3) is 0 Å². The molecule has 0 saturated carbocycles. The van der Waals surface area contributed by atoms with Crippen molar-refractivity contribution in [3.8, 4) is 5.75 Å². The van der Waals surface area contributed by atoms with Crippen molar-refractivity contribution in [2.45, 2.75) is 30.1 Å². The molecule has 2 aliphatic rings. The summed E-state index contributed by atoms with van der Waals surface area (Å²) in [6.07, 6.45) is -0.774. The largest absolute Gasteiger partial charge is 0.497 e. The van der Waals surface area contributed by atoms with E-state index in [4.69, 9.17) is 4.74 Å². The number of methoxy groups -OCH3 is 1.